The summed E-state index contributed by atoms with van der Waals surface area (Å²) in [5, 5.41) is 9.77. The molecule has 1 aromatic heterocycles. The summed E-state index contributed by atoms with van der Waals surface area (Å²) in [6.07, 6.45) is 3.07. The molecule has 21 heavy (non-hydrogen) atoms. The third-order valence-corrected chi connectivity index (χ3v) is 3.44. The second-order valence-corrected chi connectivity index (χ2v) is 5.03. The van der Waals surface area contributed by atoms with Gasteiger partial charge in [0.1, 0.15) is 0 Å². The van der Waals surface area contributed by atoms with Crippen LogP contribution >= 0.6 is 0 Å². The van der Waals surface area contributed by atoms with Gasteiger partial charge in [-0.05, 0) is 30.5 Å². The predicted octanol–water partition coefficient (Wildman–Crippen LogP) is 2.51. The lowest BCUT2D eigenvalue weighted by molar-refractivity contribution is -0.121. The number of carbonyl (C=O) groups excluding carboxylic acids is 1. The van der Waals surface area contributed by atoms with E-state index in [0.29, 0.717) is 13.0 Å². The lowest BCUT2D eigenvalue weighted by atomic mass is 10.1. The predicted molar refractivity (Wildman–Crippen MR) is 81.6 cm³/mol. The van der Waals surface area contributed by atoms with Crippen LogP contribution in [0, 0.1) is 0 Å². The molecule has 2 aromatic rings. The molecule has 0 aliphatic carbocycles. The van der Waals surface area contributed by atoms with E-state index in [1.54, 1.807) is 13.3 Å². The highest BCUT2D eigenvalue weighted by Gasteiger charge is 2.06. The number of hydrogen-bond donors (Lipinski definition) is 2. The molecule has 112 valence electrons. The molecular weight excluding hydrogens is 266 g/mol. The topological polar surface area (TPSA) is 67.0 Å². The molecule has 0 fully saturated rings. The Balaban J connectivity index is 1.80. The maximum absolute atomic E-state index is 11.7. The fourth-order valence-electron chi connectivity index (χ4n) is 1.96. The van der Waals surface area contributed by atoms with Crippen molar-refractivity contribution in [2.75, 3.05) is 7.11 Å². The zero-order chi connectivity index (χ0) is 15.1. The van der Waals surface area contributed by atoms with Gasteiger partial charge in [-0.3, -0.25) is 9.89 Å². The summed E-state index contributed by atoms with van der Waals surface area (Å²) in [6, 6.07) is 9.97. The summed E-state index contributed by atoms with van der Waals surface area (Å²) in [6.45, 7) is 2.50. The van der Waals surface area contributed by atoms with Crippen molar-refractivity contribution in [2.45, 2.75) is 32.4 Å². The van der Waals surface area contributed by atoms with Crippen molar-refractivity contribution in [3.63, 3.8) is 0 Å². The van der Waals surface area contributed by atoms with Gasteiger partial charge < -0.3 is 10.1 Å². The van der Waals surface area contributed by atoms with Crippen molar-refractivity contribution < 1.29 is 9.53 Å². The molecule has 1 heterocycles. The van der Waals surface area contributed by atoms with E-state index in [1.165, 1.54) is 0 Å². The van der Waals surface area contributed by atoms with Gasteiger partial charge in [0.05, 0.1) is 11.8 Å². The van der Waals surface area contributed by atoms with Crippen LogP contribution in [0.2, 0.25) is 0 Å². The van der Waals surface area contributed by atoms with Crippen molar-refractivity contribution in [1.82, 2.24) is 15.5 Å². The minimum absolute atomic E-state index is 0.0524. The van der Waals surface area contributed by atoms with Crippen LogP contribution in [-0.4, -0.2) is 29.3 Å². The van der Waals surface area contributed by atoms with Crippen molar-refractivity contribution in [3.8, 4) is 11.3 Å². The molecule has 1 aromatic carbocycles. The molecule has 0 saturated carbocycles. The number of aromatic amines is 1. The standard InChI is InChI=1S/C16H21N3O2/c1-12(21-2)3-8-16(20)17-11-13-4-6-14(7-5-13)15-9-10-18-19-15/h4-7,9-10,12H,3,8,11H2,1-2H3,(H,17,20)(H,18,19). The number of benzene rings is 1. The summed E-state index contributed by atoms with van der Waals surface area (Å²) in [5.41, 5.74) is 3.14. The first kappa shape index (κ1) is 15.3. The maximum atomic E-state index is 11.7. The summed E-state index contributed by atoms with van der Waals surface area (Å²) in [7, 11) is 1.66. The monoisotopic (exact) mass is 287 g/mol. The van der Waals surface area contributed by atoms with Gasteiger partial charge >= 0.3 is 0 Å². The second kappa shape index (κ2) is 7.59. The molecule has 0 aliphatic rings. The number of methoxy groups -OCH3 is 1. The second-order valence-electron chi connectivity index (χ2n) is 5.03. The summed E-state index contributed by atoms with van der Waals surface area (Å²) >= 11 is 0. The number of nitrogens with zero attached hydrogens (tertiary/aromatic N) is 1. The molecule has 5 heteroatoms. The Morgan fingerprint density at radius 2 is 2.10 bits per heavy atom. The van der Waals surface area contributed by atoms with E-state index in [0.717, 1.165) is 23.2 Å². The van der Waals surface area contributed by atoms with E-state index in [2.05, 4.69) is 15.5 Å². The smallest absolute Gasteiger partial charge is 0.220 e. The van der Waals surface area contributed by atoms with Crippen molar-refractivity contribution in [2.24, 2.45) is 0 Å². The van der Waals surface area contributed by atoms with Gasteiger partial charge in [0.25, 0.3) is 0 Å². The molecule has 1 amide bonds. The number of hydrogen-bond acceptors (Lipinski definition) is 3. The number of ether oxygens (including phenoxy) is 1. The molecule has 0 bridgehead atoms. The first-order valence-corrected chi connectivity index (χ1v) is 7.07. The molecule has 2 rings (SSSR count). The molecule has 0 spiro atoms. The zero-order valence-electron chi connectivity index (χ0n) is 12.4. The van der Waals surface area contributed by atoms with Crippen LogP contribution in [0.4, 0.5) is 0 Å². The third-order valence-electron chi connectivity index (χ3n) is 3.44. The van der Waals surface area contributed by atoms with Crippen LogP contribution in [0.5, 0.6) is 0 Å². The highest BCUT2D eigenvalue weighted by atomic mass is 16.5. The molecule has 1 atom stereocenters. The number of nitrogens with one attached hydrogen (secondary N) is 2. The Kier molecular flexibility index (Phi) is 5.51. The molecular formula is C16H21N3O2. The van der Waals surface area contributed by atoms with Crippen LogP contribution in [-0.2, 0) is 16.1 Å². The van der Waals surface area contributed by atoms with Crippen LogP contribution < -0.4 is 5.32 Å². The maximum Gasteiger partial charge on any atom is 0.220 e. The summed E-state index contributed by atoms with van der Waals surface area (Å²) in [4.78, 5) is 11.7. The first-order chi connectivity index (χ1) is 10.2. The number of amides is 1. The van der Waals surface area contributed by atoms with Gasteiger partial charge in [-0.25, -0.2) is 0 Å². The van der Waals surface area contributed by atoms with Crippen molar-refractivity contribution >= 4 is 5.91 Å². The molecule has 0 saturated heterocycles. The Labute approximate surface area is 124 Å². The summed E-state index contributed by atoms with van der Waals surface area (Å²) < 4.78 is 5.12. The first-order valence-electron chi connectivity index (χ1n) is 7.07. The van der Waals surface area contributed by atoms with Gasteiger partial charge in [-0.1, -0.05) is 24.3 Å². The van der Waals surface area contributed by atoms with E-state index in [1.807, 2.05) is 37.3 Å². The van der Waals surface area contributed by atoms with Crippen LogP contribution in [0.25, 0.3) is 11.3 Å². The van der Waals surface area contributed by atoms with E-state index >= 15 is 0 Å². The number of aromatic nitrogens is 2. The van der Waals surface area contributed by atoms with Gasteiger partial charge in [0.2, 0.25) is 5.91 Å². The molecule has 5 nitrogen and oxygen atoms in total. The number of rotatable bonds is 7. The highest BCUT2D eigenvalue weighted by Crippen LogP contribution is 2.16. The Morgan fingerprint density at radius 1 is 1.33 bits per heavy atom. The number of H-pyrrole nitrogens is 1. The van der Waals surface area contributed by atoms with Gasteiger partial charge in [0.15, 0.2) is 0 Å². The minimum atomic E-state index is 0.0524. The Bertz CT molecular complexity index is 549. The van der Waals surface area contributed by atoms with Gasteiger partial charge in [-0.2, -0.15) is 5.10 Å². The van der Waals surface area contributed by atoms with E-state index in [-0.39, 0.29) is 12.0 Å². The number of carbonyl (C=O) groups is 1. The normalized spacial score (nSPS) is 12.1. The van der Waals surface area contributed by atoms with E-state index in [9.17, 15) is 4.79 Å². The van der Waals surface area contributed by atoms with Gasteiger partial charge in [0, 0.05) is 26.3 Å². The minimum Gasteiger partial charge on any atom is -0.382 e. The lowest BCUT2D eigenvalue weighted by Gasteiger charge is -2.09. The van der Waals surface area contributed by atoms with Crippen molar-refractivity contribution in [1.29, 1.82) is 0 Å². The molecule has 1 unspecified atom stereocenters. The average Bonchev–Trinajstić information content (AvgIpc) is 3.05. The molecule has 0 radical (unpaired) electrons. The van der Waals surface area contributed by atoms with Crippen molar-refractivity contribution in [3.05, 3.63) is 42.1 Å². The highest BCUT2D eigenvalue weighted by molar-refractivity contribution is 5.75. The van der Waals surface area contributed by atoms with E-state index < -0.39 is 0 Å². The van der Waals surface area contributed by atoms with E-state index in [4.69, 9.17) is 4.74 Å². The third kappa shape index (κ3) is 4.72. The Morgan fingerprint density at radius 3 is 2.71 bits per heavy atom. The SMILES string of the molecule is COC(C)CCC(=O)NCc1ccc(-c2ccn[nH]2)cc1. The zero-order valence-corrected chi connectivity index (χ0v) is 12.4. The summed E-state index contributed by atoms with van der Waals surface area (Å²) in [5.74, 6) is 0.0524. The quantitative estimate of drug-likeness (QED) is 0.822. The molecule has 0 aliphatic heterocycles. The fourth-order valence-corrected chi connectivity index (χ4v) is 1.96. The van der Waals surface area contributed by atoms with Gasteiger partial charge in [-0.15, -0.1) is 0 Å². The van der Waals surface area contributed by atoms with Crippen LogP contribution in [0.1, 0.15) is 25.3 Å². The largest absolute Gasteiger partial charge is 0.382 e. The van der Waals surface area contributed by atoms with Crippen LogP contribution in [0.3, 0.4) is 0 Å². The van der Waals surface area contributed by atoms with Crippen LogP contribution in [0.15, 0.2) is 36.5 Å². The average molecular weight is 287 g/mol. The Hall–Kier alpha value is -2.14. The lowest BCUT2D eigenvalue weighted by Crippen LogP contribution is -2.23. The molecule has 2 N–H and O–H groups in total. The fraction of sp³-hybridized carbons (Fsp3) is 0.375.